The maximum absolute atomic E-state index is 11.7. The lowest BCUT2D eigenvalue weighted by Gasteiger charge is -2.30. The van der Waals surface area contributed by atoms with Crippen LogP contribution in [0, 0.1) is 0 Å². The first kappa shape index (κ1) is 13.0. The zero-order valence-electron chi connectivity index (χ0n) is 10.1. The molecule has 1 atom stereocenters. The maximum atomic E-state index is 11.7. The molecule has 96 valence electrons. The molecule has 17 heavy (non-hydrogen) atoms. The summed E-state index contributed by atoms with van der Waals surface area (Å²) in [4.78, 5) is 4.50. The Morgan fingerprint density at radius 2 is 2.24 bits per heavy atom. The van der Waals surface area contributed by atoms with E-state index < -0.39 is 15.4 Å². The molecule has 2 heterocycles. The van der Waals surface area contributed by atoms with Gasteiger partial charge in [-0.1, -0.05) is 13.8 Å². The Morgan fingerprint density at radius 3 is 2.76 bits per heavy atom. The van der Waals surface area contributed by atoms with Gasteiger partial charge < -0.3 is 5.73 Å². The molecule has 1 aliphatic rings. The van der Waals surface area contributed by atoms with Gasteiger partial charge >= 0.3 is 0 Å². The molecular weight excluding hydrogens is 256 g/mol. The van der Waals surface area contributed by atoms with Gasteiger partial charge in [-0.3, -0.25) is 0 Å². The molecule has 2 N–H and O–H groups in total. The average Bonchev–Trinajstić information content (AvgIpc) is 2.64. The SMILES string of the molecule is CC(C)c1csc(C2(N)CCCS(=O)(=O)C2)n1. The van der Waals surface area contributed by atoms with Crippen molar-refractivity contribution in [2.24, 2.45) is 5.73 Å². The Labute approximate surface area is 106 Å². The molecule has 0 bridgehead atoms. The lowest BCUT2D eigenvalue weighted by atomic mass is 9.97. The third-order valence-corrected chi connectivity index (χ3v) is 6.04. The Kier molecular flexibility index (Phi) is 3.31. The molecule has 1 aromatic heterocycles. The number of aromatic nitrogens is 1. The summed E-state index contributed by atoms with van der Waals surface area (Å²) < 4.78 is 23.4. The van der Waals surface area contributed by atoms with Crippen molar-refractivity contribution >= 4 is 21.2 Å². The predicted molar refractivity (Wildman–Crippen MR) is 70.0 cm³/mol. The summed E-state index contributed by atoms with van der Waals surface area (Å²) in [6, 6.07) is 0. The summed E-state index contributed by atoms with van der Waals surface area (Å²) >= 11 is 1.48. The normalized spacial score (nSPS) is 28.5. The van der Waals surface area contributed by atoms with Gasteiger partial charge in [-0.25, -0.2) is 13.4 Å². The van der Waals surface area contributed by atoms with Crippen LogP contribution in [-0.4, -0.2) is 24.9 Å². The van der Waals surface area contributed by atoms with Crippen molar-refractivity contribution in [2.75, 3.05) is 11.5 Å². The van der Waals surface area contributed by atoms with Crippen LogP contribution in [0.3, 0.4) is 0 Å². The summed E-state index contributed by atoms with van der Waals surface area (Å²) in [6.07, 6.45) is 1.34. The predicted octanol–water partition coefficient (Wildman–Crippen LogP) is 1.63. The van der Waals surface area contributed by atoms with Crippen LogP contribution >= 0.6 is 11.3 Å². The van der Waals surface area contributed by atoms with E-state index in [9.17, 15) is 8.42 Å². The largest absolute Gasteiger partial charge is 0.319 e. The van der Waals surface area contributed by atoms with Crippen molar-refractivity contribution < 1.29 is 8.42 Å². The highest BCUT2D eigenvalue weighted by molar-refractivity contribution is 7.91. The molecule has 1 aliphatic heterocycles. The number of nitrogens with zero attached hydrogens (tertiary/aromatic N) is 1. The first-order valence-corrected chi connectivity index (χ1v) is 8.48. The van der Waals surface area contributed by atoms with E-state index >= 15 is 0 Å². The number of hydrogen-bond donors (Lipinski definition) is 1. The van der Waals surface area contributed by atoms with Crippen LogP contribution in [0.1, 0.15) is 43.3 Å². The molecular formula is C11H18N2O2S2. The Hall–Kier alpha value is -0.460. The number of rotatable bonds is 2. The highest BCUT2D eigenvalue weighted by Crippen LogP contribution is 2.33. The standard InChI is InChI=1S/C11H18N2O2S2/c1-8(2)9-6-16-10(13-9)11(12)4-3-5-17(14,15)7-11/h6,8H,3-5,7,12H2,1-2H3. The van der Waals surface area contributed by atoms with Crippen molar-refractivity contribution in [1.82, 2.24) is 4.98 Å². The van der Waals surface area contributed by atoms with E-state index in [4.69, 9.17) is 5.73 Å². The van der Waals surface area contributed by atoms with E-state index in [-0.39, 0.29) is 11.5 Å². The van der Waals surface area contributed by atoms with Crippen LogP contribution in [0.4, 0.5) is 0 Å². The molecule has 1 saturated heterocycles. The highest BCUT2D eigenvalue weighted by atomic mass is 32.2. The Bertz CT molecular complexity index is 507. The van der Waals surface area contributed by atoms with Gasteiger partial charge in [0.1, 0.15) is 5.01 Å². The van der Waals surface area contributed by atoms with Gasteiger partial charge in [-0.15, -0.1) is 11.3 Å². The van der Waals surface area contributed by atoms with Gasteiger partial charge in [0, 0.05) is 5.38 Å². The molecule has 0 spiro atoms. The second-order valence-corrected chi connectivity index (χ2v) is 8.13. The average molecular weight is 274 g/mol. The van der Waals surface area contributed by atoms with Gasteiger partial charge in [0.25, 0.3) is 0 Å². The molecule has 6 heteroatoms. The minimum atomic E-state index is -3.01. The van der Waals surface area contributed by atoms with E-state index in [2.05, 4.69) is 18.8 Å². The summed E-state index contributed by atoms with van der Waals surface area (Å²) in [5.41, 5.74) is 6.47. The second-order valence-electron chi connectivity index (χ2n) is 5.08. The lowest BCUT2D eigenvalue weighted by molar-refractivity contribution is 0.421. The van der Waals surface area contributed by atoms with Crippen molar-refractivity contribution in [1.29, 1.82) is 0 Å². The van der Waals surface area contributed by atoms with Crippen LogP contribution in [-0.2, 0) is 15.4 Å². The maximum Gasteiger partial charge on any atom is 0.152 e. The van der Waals surface area contributed by atoms with E-state index in [0.717, 1.165) is 10.7 Å². The lowest BCUT2D eigenvalue weighted by Crippen LogP contribution is -2.47. The zero-order chi connectivity index (χ0) is 12.7. The fourth-order valence-corrected chi connectivity index (χ4v) is 5.10. The van der Waals surface area contributed by atoms with E-state index in [0.29, 0.717) is 18.8 Å². The van der Waals surface area contributed by atoms with Crippen LogP contribution in [0.2, 0.25) is 0 Å². The highest BCUT2D eigenvalue weighted by Gasteiger charge is 2.39. The first-order chi connectivity index (χ1) is 7.82. The molecule has 0 radical (unpaired) electrons. The third-order valence-electron chi connectivity index (χ3n) is 3.10. The smallest absolute Gasteiger partial charge is 0.152 e. The van der Waals surface area contributed by atoms with Gasteiger partial charge in [0.05, 0.1) is 22.7 Å². The zero-order valence-corrected chi connectivity index (χ0v) is 11.8. The van der Waals surface area contributed by atoms with E-state index in [1.807, 2.05) is 5.38 Å². The van der Waals surface area contributed by atoms with Crippen molar-refractivity contribution in [3.05, 3.63) is 16.1 Å². The molecule has 2 rings (SSSR count). The molecule has 0 amide bonds. The topological polar surface area (TPSA) is 73.1 Å². The minimum absolute atomic E-state index is 0.0328. The van der Waals surface area contributed by atoms with Crippen molar-refractivity contribution in [3.63, 3.8) is 0 Å². The number of sulfone groups is 1. The number of hydrogen-bond acceptors (Lipinski definition) is 5. The molecule has 1 aromatic rings. The van der Waals surface area contributed by atoms with E-state index in [1.165, 1.54) is 11.3 Å². The summed E-state index contributed by atoms with van der Waals surface area (Å²) in [5.74, 6) is 0.642. The monoisotopic (exact) mass is 274 g/mol. The van der Waals surface area contributed by atoms with Crippen LogP contribution in [0.15, 0.2) is 5.38 Å². The second kappa shape index (κ2) is 4.33. The Morgan fingerprint density at radius 1 is 1.53 bits per heavy atom. The van der Waals surface area contributed by atoms with Gasteiger partial charge in [-0.2, -0.15) is 0 Å². The first-order valence-electron chi connectivity index (χ1n) is 5.78. The van der Waals surface area contributed by atoms with Gasteiger partial charge in [-0.05, 0) is 18.8 Å². The molecule has 1 fully saturated rings. The van der Waals surface area contributed by atoms with E-state index in [1.54, 1.807) is 0 Å². The van der Waals surface area contributed by atoms with Crippen molar-refractivity contribution in [3.8, 4) is 0 Å². The fourth-order valence-electron chi connectivity index (χ4n) is 2.09. The van der Waals surface area contributed by atoms with Crippen LogP contribution < -0.4 is 5.73 Å². The summed E-state index contributed by atoms with van der Waals surface area (Å²) in [5, 5.41) is 2.75. The summed E-state index contributed by atoms with van der Waals surface area (Å²) in [6.45, 7) is 4.14. The molecule has 0 aliphatic carbocycles. The fraction of sp³-hybridized carbons (Fsp3) is 0.727. The number of nitrogens with two attached hydrogens (primary N) is 1. The minimum Gasteiger partial charge on any atom is -0.319 e. The van der Waals surface area contributed by atoms with Crippen molar-refractivity contribution in [2.45, 2.75) is 38.1 Å². The quantitative estimate of drug-likeness (QED) is 0.889. The summed E-state index contributed by atoms with van der Waals surface area (Å²) in [7, 11) is -3.01. The molecule has 0 aromatic carbocycles. The number of thiazole rings is 1. The Balaban J connectivity index is 2.31. The molecule has 0 saturated carbocycles. The molecule has 4 nitrogen and oxygen atoms in total. The van der Waals surface area contributed by atoms with Gasteiger partial charge in [0.2, 0.25) is 0 Å². The third kappa shape index (κ3) is 2.69. The van der Waals surface area contributed by atoms with Crippen LogP contribution in [0.5, 0.6) is 0 Å². The van der Waals surface area contributed by atoms with Crippen LogP contribution in [0.25, 0.3) is 0 Å². The molecule has 1 unspecified atom stereocenters. The van der Waals surface area contributed by atoms with Gasteiger partial charge in [0.15, 0.2) is 9.84 Å².